The Morgan fingerprint density at radius 3 is 2.82 bits per heavy atom. The van der Waals surface area contributed by atoms with Gasteiger partial charge in [-0.2, -0.15) is 0 Å². The quantitative estimate of drug-likeness (QED) is 0.799. The number of nitrogens with one attached hydrogen (secondary N) is 1. The lowest BCUT2D eigenvalue weighted by molar-refractivity contribution is -0.126. The molecule has 0 atom stereocenters. The van der Waals surface area contributed by atoms with E-state index in [1.807, 2.05) is 38.1 Å². The number of aliphatic hydroxyl groups excluding tert-OH is 1. The molecule has 2 N–H and O–H groups in total. The Morgan fingerprint density at radius 2 is 2.12 bits per heavy atom. The average molecular weight is 234 g/mol. The molecule has 1 aliphatic heterocycles. The summed E-state index contributed by atoms with van der Waals surface area (Å²) in [6.07, 6.45) is 0. The van der Waals surface area contributed by atoms with Crippen molar-refractivity contribution in [2.45, 2.75) is 26.0 Å². The summed E-state index contributed by atoms with van der Waals surface area (Å²) in [4.78, 5) is 13.9. The van der Waals surface area contributed by atoms with Gasteiger partial charge in [-0.1, -0.05) is 18.2 Å². The summed E-state index contributed by atoms with van der Waals surface area (Å²) in [5.74, 6) is 0.0245. The summed E-state index contributed by atoms with van der Waals surface area (Å²) in [6.45, 7) is 5.19. The molecule has 0 spiro atoms. The average Bonchev–Trinajstić information content (AvgIpc) is 2.33. The summed E-state index contributed by atoms with van der Waals surface area (Å²) >= 11 is 0. The number of anilines is 1. The number of para-hydroxylation sites is 1. The van der Waals surface area contributed by atoms with Crippen LogP contribution in [0.2, 0.25) is 0 Å². The molecule has 0 bridgehead atoms. The largest absolute Gasteiger partial charge is 0.392 e. The van der Waals surface area contributed by atoms with Crippen LogP contribution in [-0.4, -0.2) is 29.6 Å². The van der Waals surface area contributed by atoms with E-state index in [4.69, 9.17) is 0 Å². The smallest absolute Gasteiger partial charge is 0.245 e. The Bertz CT molecular complexity index is 429. The molecule has 2 rings (SSSR count). The topological polar surface area (TPSA) is 52.6 Å². The van der Waals surface area contributed by atoms with Crippen molar-refractivity contribution in [1.29, 1.82) is 0 Å². The van der Waals surface area contributed by atoms with Crippen LogP contribution >= 0.6 is 0 Å². The highest BCUT2D eigenvalue weighted by Crippen LogP contribution is 2.29. The normalized spacial score (nSPS) is 19.0. The molecule has 1 aromatic rings. The number of hydrogen-bond acceptors (Lipinski definition) is 3. The minimum Gasteiger partial charge on any atom is -0.392 e. The number of nitrogens with zero attached hydrogens (tertiary/aromatic N) is 1. The van der Waals surface area contributed by atoms with Crippen LogP contribution in [0.25, 0.3) is 0 Å². The molecule has 1 saturated heterocycles. The lowest BCUT2D eigenvalue weighted by atomic mass is 9.96. The van der Waals surface area contributed by atoms with Gasteiger partial charge in [0, 0.05) is 24.3 Å². The van der Waals surface area contributed by atoms with E-state index in [-0.39, 0.29) is 12.5 Å². The minimum absolute atomic E-state index is 0.00955. The number of carbonyl (C=O) groups is 1. The van der Waals surface area contributed by atoms with Crippen molar-refractivity contribution in [3.8, 4) is 0 Å². The van der Waals surface area contributed by atoms with Crippen molar-refractivity contribution < 1.29 is 9.90 Å². The molecule has 0 radical (unpaired) electrons. The summed E-state index contributed by atoms with van der Waals surface area (Å²) in [6, 6.07) is 7.66. The fourth-order valence-corrected chi connectivity index (χ4v) is 2.23. The zero-order valence-electron chi connectivity index (χ0n) is 10.2. The Hall–Kier alpha value is -1.55. The number of benzene rings is 1. The van der Waals surface area contributed by atoms with Crippen LogP contribution in [0.15, 0.2) is 24.3 Å². The van der Waals surface area contributed by atoms with E-state index < -0.39 is 5.54 Å². The highest BCUT2D eigenvalue weighted by Gasteiger charge is 2.38. The van der Waals surface area contributed by atoms with Crippen molar-refractivity contribution in [3.05, 3.63) is 29.8 Å². The number of rotatable bonds is 2. The number of amides is 1. The Morgan fingerprint density at radius 1 is 1.41 bits per heavy atom. The molecule has 0 unspecified atom stereocenters. The number of piperazine rings is 1. The van der Waals surface area contributed by atoms with Gasteiger partial charge in [-0.05, 0) is 19.9 Å². The second-order valence-corrected chi connectivity index (χ2v) is 4.75. The summed E-state index contributed by atoms with van der Waals surface area (Å²) in [5.41, 5.74) is 1.22. The molecule has 4 heteroatoms. The van der Waals surface area contributed by atoms with E-state index in [0.29, 0.717) is 6.54 Å². The van der Waals surface area contributed by atoms with Crippen molar-refractivity contribution in [1.82, 2.24) is 5.32 Å². The van der Waals surface area contributed by atoms with Gasteiger partial charge in [-0.15, -0.1) is 0 Å². The molecule has 92 valence electrons. The molecule has 17 heavy (non-hydrogen) atoms. The molecule has 0 aromatic heterocycles. The van der Waals surface area contributed by atoms with Crippen molar-refractivity contribution in [2.75, 3.05) is 18.0 Å². The maximum Gasteiger partial charge on any atom is 0.245 e. The zero-order chi connectivity index (χ0) is 12.5. The van der Waals surface area contributed by atoms with Gasteiger partial charge >= 0.3 is 0 Å². The highest BCUT2D eigenvalue weighted by atomic mass is 16.3. The van der Waals surface area contributed by atoms with Gasteiger partial charge in [0.1, 0.15) is 5.54 Å². The molecule has 1 amide bonds. The van der Waals surface area contributed by atoms with E-state index in [1.165, 1.54) is 0 Å². The van der Waals surface area contributed by atoms with E-state index in [1.54, 1.807) is 0 Å². The molecule has 1 aromatic carbocycles. The molecule has 0 aliphatic carbocycles. The molecule has 4 nitrogen and oxygen atoms in total. The summed E-state index contributed by atoms with van der Waals surface area (Å²) < 4.78 is 0. The summed E-state index contributed by atoms with van der Waals surface area (Å²) in [5, 5.41) is 12.2. The fourth-order valence-electron chi connectivity index (χ4n) is 2.23. The number of hydrogen-bond donors (Lipinski definition) is 2. The lowest BCUT2D eigenvalue weighted by Gasteiger charge is -2.43. The van der Waals surface area contributed by atoms with Crippen LogP contribution in [0.3, 0.4) is 0 Å². The molecule has 1 aliphatic rings. The zero-order valence-corrected chi connectivity index (χ0v) is 10.2. The van der Waals surface area contributed by atoms with Crippen molar-refractivity contribution in [2.24, 2.45) is 0 Å². The minimum atomic E-state index is -0.580. The first kappa shape index (κ1) is 11.9. The predicted molar refractivity (Wildman–Crippen MR) is 66.8 cm³/mol. The van der Waals surface area contributed by atoms with Crippen LogP contribution in [0.5, 0.6) is 0 Å². The van der Waals surface area contributed by atoms with Gasteiger partial charge in [-0.3, -0.25) is 4.79 Å². The highest BCUT2D eigenvalue weighted by molar-refractivity contribution is 5.90. The third-order valence-electron chi connectivity index (χ3n) is 3.30. The maximum absolute atomic E-state index is 11.9. The van der Waals surface area contributed by atoms with Crippen LogP contribution in [0.1, 0.15) is 19.4 Å². The van der Waals surface area contributed by atoms with E-state index in [0.717, 1.165) is 17.8 Å². The van der Waals surface area contributed by atoms with Crippen molar-refractivity contribution >= 4 is 11.6 Å². The first-order valence-corrected chi connectivity index (χ1v) is 5.82. The van der Waals surface area contributed by atoms with E-state index in [9.17, 15) is 9.90 Å². The predicted octanol–water partition coefficient (Wildman–Crippen LogP) is 0.894. The lowest BCUT2D eigenvalue weighted by Crippen LogP contribution is -2.62. The van der Waals surface area contributed by atoms with E-state index >= 15 is 0 Å². The molecule has 1 heterocycles. The third-order valence-corrected chi connectivity index (χ3v) is 3.30. The standard InChI is InChI=1S/C13H18N2O2/c1-13(2)12(17)14-7-8-15(13)11-6-4-3-5-10(11)9-16/h3-6,16H,7-9H2,1-2H3,(H,14,17). The number of aliphatic hydroxyl groups is 1. The molecule has 0 saturated carbocycles. The number of carbonyl (C=O) groups excluding carboxylic acids is 1. The monoisotopic (exact) mass is 234 g/mol. The first-order valence-electron chi connectivity index (χ1n) is 5.82. The van der Waals surface area contributed by atoms with Gasteiger partial charge in [0.25, 0.3) is 0 Å². The van der Waals surface area contributed by atoms with Gasteiger partial charge < -0.3 is 15.3 Å². The van der Waals surface area contributed by atoms with E-state index in [2.05, 4.69) is 10.2 Å². The van der Waals surface area contributed by atoms with Gasteiger partial charge in [0.05, 0.1) is 6.61 Å². The Balaban J connectivity index is 2.41. The molecular weight excluding hydrogens is 216 g/mol. The Labute approximate surface area is 101 Å². The van der Waals surface area contributed by atoms with Gasteiger partial charge in [0.15, 0.2) is 0 Å². The summed E-state index contributed by atoms with van der Waals surface area (Å²) in [7, 11) is 0. The van der Waals surface area contributed by atoms with Crippen LogP contribution < -0.4 is 10.2 Å². The van der Waals surface area contributed by atoms with Crippen LogP contribution in [0.4, 0.5) is 5.69 Å². The van der Waals surface area contributed by atoms with Crippen LogP contribution in [-0.2, 0) is 11.4 Å². The third kappa shape index (κ3) is 2.00. The second kappa shape index (κ2) is 4.37. The van der Waals surface area contributed by atoms with Gasteiger partial charge in [0.2, 0.25) is 5.91 Å². The second-order valence-electron chi connectivity index (χ2n) is 4.75. The fraction of sp³-hybridized carbons (Fsp3) is 0.462. The first-order chi connectivity index (χ1) is 8.07. The molecular formula is C13H18N2O2. The SMILES string of the molecule is CC1(C)C(=O)NCCN1c1ccccc1CO. The molecule has 1 fully saturated rings. The Kier molecular flexibility index (Phi) is 3.07. The van der Waals surface area contributed by atoms with Crippen molar-refractivity contribution in [3.63, 3.8) is 0 Å². The van der Waals surface area contributed by atoms with Crippen LogP contribution in [0, 0.1) is 0 Å². The maximum atomic E-state index is 11.9. The van der Waals surface area contributed by atoms with Gasteiger partial charge in [-0.25, -0.2) is 0 Å².